The van der Waals surface area contributed by atoms with Gasteiger partial charge >= 0.3 is 0 Å². The summed E-state index contributed by atoms with van der Waals surface area (Å²) in [5.41, 5.74) is 1.96. The molecule has 0 radical (unpaired) electrons. The molecule has 0 saturated carbocycles. The van der Waals surface area contributed by atoms with Gasteiger partial charge in [-0.25, -0.2) is 11.7 Å². The molecule has 7 heteroatoms. The highest BCUT2D eigenvalue weighted by Crippen LogP contribution is 2.27. The predicted octanol–water partition coefficient (Wildman–Crippen LogP) is 1.49. The van der Waals surface area contributed by atoms with Crippen molar-refractivity contribution in [2.75, 3.05) is 19.1 Å². The van der Waals surface area contributed by atoms with Crippen LogP contribution in [-0.2, 0) is 10.1 Å². The van der Waals surface area contributed by atoms with Crippen LogP contribution in [0, 0.1) is 0 Å². The van der Waals surface area contributed by atoms with Crippen LogP contribution in [0.25, 0.3) is 0 Å². The molecule has 4 N–H and O–H groups in total. The largest absolute Gasteiger partial charge is 0.314 e. The number of nitrogens with two attached hydrogens (primary N) is 2. The SMILES string of the molecule is CN(N)C=O.CN(N)c1cccc(Cl)c1CBr. The summed E-state index contributed by atoms with van der Waals surface area (Å²) in [4.78, 5) is 9.31. The molecule has 1 rings (SSSR count). The van der Waals surface area contributed by atoms with Crippen molar-refractivity contribution in [1.29, 1.82) is 0 Å². The molecular weight excluding hydrogens is 307 g/mol. The van der Waals surface area contributed by atoms with E-state index in [0.717, 1.165) is 21.3 Å². The average molecular weight is 324 g/mol. The first-order chi connectivity index (χ1) is 7.93. The van der Waals surface area contributed by atoms with Crippen LogP contribution in [0.3, 0.4) is 0 Å². The quantitative estimate of drug-likeness (QED) is 0.290. The lowest BCUT2D eigenvalue weighted by Gasteiger charge is -2.16. The van der Waals surface area contributed by atoms with E-state index in [2.05, 4.69) is 15.9 Å². The van der Waals surface area contributed by atoms with Gasteiger partial charge in [0.15, 0.2) is 0 Å². The lowest BCUT2D eigenvalue weighted by Crippen LogP contribution is -2.26. The summed E-state index contributed by atoms with van der Waals surface area (Å²) in [6.45, 7) is 0. The minimum absolute atomic E-state index is 0.528. The van der Waals surface area contributed by atoms with Gasteiger partial charge in [-0.1, -0.05) is 33.6 Å². The third-order valence-corrected chi connectivity index (χ3v) is 2.69. The highest BCUT2D eigenvalue weighted by Gasteiger charge is 2.06. The van der Waals surface area contributed by atoms with Crippen LogP contribution in [0.4, 0.5) is 5.69 Å². The normalized spacial score (nSPS) is 9.06. The summed E-state index contributed by atoms with van der Waals surface area (Å²) in [7, 11) is 3.25. The Bertz CT molecular complexity index is 360. The van der Waals surface area contributed by atoms with E-state index in [4.69, 9.17) is 23.3 Å². The fourth-order valence-corrected chi connectivity index (χ4v) is 2.00. The molecule has 0 aromatic heterocycles. The number of amides is 1. The number of alkyl halides is 1. The molecule has 96 valence electrons. The predicted molar refractivity (Wildman–Crippen MR) is 74.7 cm³/mol. The molecule has 0 aliphatic carbocycles. The fourth-order valence-electron chi connectivity index (χ4n) is 1.01. The standard InChI is InChI=1S/C8H10BrClN2.C2H6N2O/c1-12(11)8-4-2-3-7(10)6(8)5-9;1-4(3)2-5/h2-4H,5,11H2,1H3;2H,3H2,1H3. The molecule has 1 aromatic carbocycles. The van der Waals surface area contributed by atoms with E-state index in [1.165, 1.54) is 7.05 Å². The molecule has 5 nitrogen and oxygen atoms in total. The van der Waals surface area contributed by atoms with Crippen molar-refractivity contribution in [3.05, 3.63) is 28.8 Å². The highest BCUT2D eigenvalue weighted by atomic mass is 79.9. The second-order valence-corrected chi connectivity index (χ2v) is 4.22. The zero-order chi connectivity index (χ0) is 13.4. The Kier molecular flexibility index (Phi) is 7.90. The lowest BCUT2D eigenvalue weighted by atomic mass is 10.2. The second kappa shape index (κ2) is 8.30. The molecule has 0 unspecified atom stereocenters. The molecule has 1 aromatic rings. The number of benzene rings is 1. The van der Waals surface area contributed by atoms with Gasteiger partial charge in [0, 0.05) is 30.0 Å². The number of rotatable bonds is 3. The maximum Gasteiger partial charge on any atom is 0.223 e. The van der Waals surface area contributed by atoms with Crippen molar-refractivity contribution < 1.29 is 4.79 Å². The number of anilines is 1. The molecular formula is C10H16BrClN4O. The summed E-state index contributed by atoms with van der Waals surface area (Å²) in [5.74, 6) is 10.4. The Balaban J connectivity index is 0.000000437. The maximum atomic E-state index is 9.31. The van der Waals surface area contributed by atoms with Crippen molar-refractivity contribution in [1.82, 2.24) is 5.01 Å². The summed E-state index contributed by atoms with van der Waals surface area (Å²) in [5, 5.41) is 3.95. The van der Waals surface area contributed by atoms with Crippen molar-refractivity contribution in [3.8, 4) is 0 Å². The Morgan fingerprint density at radius 1 is 1.41 bits per heavy atom. The van der Waals surface area contributed by atoms with Crippen LogP contribution in [0.2, 0.25) is 5.02 Å². The Morgan fingerprint density at radius 3 is 2.24 bits per heavy atom. The van der Waals surface area contributed by atoms with Crippen molar-refractivity contribution >= 4 is 39.6 Å². The Hall–Kier alpha value is -0.820. The third kappa shape index (κ3) is 5.88. The van der Waals surface area contributed by atoms with E-state index >= 15 is 0 Å². The van der Waals surface area contributed by atoms with Gasteiger partial charge in [0.25, 0.3) is 0 Å². The first-order valence-corrected chi connectivity index (χ1v) is 6.18. The van der Waals surface area contributed by atoms with Gasteiger partial charge in [-0.15, -0.1) is 0 Å². The minimum Gasteiger partial charge on any atom is -0.314 e. The van der Waals surface area contributed by atoms with Crippen LogP contribution >= 0.6 is 27.5 Å². The summed E-state index contributed by atoms with van der Waals surface area (Å²) >= 11 is 9.32. The number of halogens is 2. The molecule has 0 atom stereocenters. The van der Waals surface area contributed by atoms with Gasteiger partial charge in [0.05, 0.1) is 5.69 Å². The first-order valence-electron chi connectivity index (χ1n) is 4.68. The average Bonchev–Trinajstić information content (AvgIpc) is 2.29. The van der Waals surface area contributed by atoms with Gasteiger partial charge in [-0.05, 0) is 12.1 Å². The van der Waals surface area contributed by atoms with Crippen LogP contribution in [0.15, 0.2) is 18.2 Å². The van der Waals surface area contributed by atoms with Crippen molar-refractivity contribution in [3.63, 3.8) is 0 Å². The van der Waals surface area contributed by atoms with E-state index in [1.807, 2.05) is 18.2 Å². The van der Waals surface area contributed by atoms with E-state index in [1.54, 1.807) is 12.1 Å². The molecule has 0 saturated heterocycles. The zero-order valence-electron chi connectivity index (χ0n) is 9.73. The van der Waals surface area contributed by atoms with Crippen molar-refractivity contribution in [2.24, 2.45) is 11.7 Å². The molecule has 1 amide bonds. The first kappa shape index (κ1) is 16.2. The number of hydrazine groups is 2. The summed E-state index contributed by atoms with van der Waals surface area (Å²) in [6.07, 6.45) is 0.528. The smallest absolute Gasteiger partial charge is 0.223 e. The van der Waals surface area contributed by atoms with Gasteiger partial charge in [-0.3, -0.25) is 9.80 Å². The Labute approximate surface area is 114 Å². The lowest BCUT2D eigenvalue weighted by molar-refractivity contribution is -0.117. The maximum absolute atomic E-state index is 9.31. The molecule has 0 spiro atoms. The van der Waals surface area contributed by atoms with Crippen LogP contribution < -0.4 is 16.7 Å². The van der Waals surface area contributed by atoms with Gasteiger partial charge in [0.2, 0.25) is 6.41 Å². The Morgan fingerprint density at radius 2 is 1.94 bits per heavy atom. The molecule has 17 heavy (non-hydrogen) atoms. The van der Waals surface area contributed by atoms with Crippen LogP contribution in [0.5, 0.6) is 0 Å². The fraction of sp³-hybridized carbons (Fsp3) is 0.300. The molecule has 0 bridgehead atoms. The second-order valence-electron chi connectivity index (χ2n) is 3.25. The molecule has 0 fully saturated rings. The number of hydrogen-bond donors (Lipinski definition) is 2. The van der Waals surface area contributed by atoms with Gasteiger partial charge in [0.1, 0.15) is 0 Å². The van der Waals surface area contributed by atoms with E-state index < -0.39 is 0 Å². The molecule has 0 heterocycles. The number of nitrogens with zero attached hydrogens (tertiary/aromatic N) is 2. The van der Waals surface area contributed by atoms with Crippen LogP contribution in [-0.4, -0.2) is 25.5 Å². The zero-order valence-corrected chi connectivity index (χ0v) is 12.1. The number of hydrogen-bond acceptors (Lipinski definition) is 4. The van der Waals surface area contributed by atoms with Crippen LogP contribution in [0.1, 0.15) is 5.56 Å². The van der Waals surface area contributed by atoms with E-state index in [-0.39, 0.29) is 0 Å². The van der Waals surface area contributed by atoms with Crippen molar-refractivity contribution in [2.45, 2.75) is 5.33 Å². The molecule has 0 aliphatic rings. The summed E-state index contributed by atoms with van der Waals surface area (Å²) in [6, 6.07) is 5.67. The van der Waals surface area contributed by atoms with E-state index in [0.29, 0.717) is 11.7 Å². The molecule has 0 aliphatic heterocycles. The monoisotopic (exact) mass is 322 g/mol. The van der Waals surface area contributed by atoms with Gasteiger partial charge < -0.3 is 5.01 Å². The topological polar surface area (TPSA) is 75.6 Å². The van der Waals surface area contributed by atoms with Gasteiger partial charge in [-0.2, -0.15) is 0 Å². The number of carbonyl (C=O) groups is 1. The third-order valence-electron chi connectivity index (χ3n) is 1.77. The number of carbonyl (C=O) groups excluding carboxylic acids is 1. The van der Waals surface area contributed by atoms with E-state index in [9.17, 15) is 4.79 Å². The highest BCUT2D eigenvalue weighted by molar-refractivity contribution is 9.08. The summed E-state index contributed by atoms with van der Waals surface area (Å²) < 4.78 is 0. The minimum atomic E-state index is 0.528.